The highest BCUT2D eigenvalue weighted by Crippen LogP contribution is 2.32. The first-order valence-electron chi connectivity index (χ1n) is 12.7. The lowest BCUT2D eigenvalue weighted by molar-refractivity contribution is -0.108. The molecule has 0 aromatic heterocycles. The van der Waals surface area contributed by atoms with Gasteiger partial charge in [0.1, 0.15) is 0 Å². The second-order valence-corrected chi connectivity index (χ2v) is 15.4. The Hall–Kier alpha value is -1.82. The molecule has 0 aliphatic heterocycles. The monoisotopic (exact) mass is 676 g/mol. The number of hydrogen-bond acceptors (Lipinski definition) is 10. The number of thioether (sulfide) groups is 5. The minimum Gasteiger partial charge on any atom is -0.282 e. The number of rotatable bonds is 14. The van der Waals surface area contributed by atoms with E-state index in [9.17, 15) is 19.2 Å². The van der Waals surface area contributed by atoms with Crippen LogP contribution in [0.1, 0.15) is 27.7 Å². The lowest BCUT2D eigenvalue weighted by Crippen LogP contribution is -1.98. The first-order chi connectivity index (χ1) is 19.8. The molecule has 0 spiro atoms. The molecule has 0 radical (unpaired) electrons. The molecular weight excluding hydrogens is 641 g/mol. The Bertz CT molecular complexity index is 1200. The molecule has 0 amide bonds. The molecule has 0 aliphatic rings. The van der Waals surface area contributed by atoms with Gasteiger partial charge in [-0.25, -0.2) is 0 Å². The predicted octanol–water partition coefficient (Wildman–Crippen LogP) is 9.62. The number of hydrogen-bond donors (Lipinski definition) is 0. The fourth-order valence-corrected chi connectivity index (χ4v) is 7.23. The normalized spacial score (nSPS) is 10.2. The topological polar surface area (TPSA) is 68.3 Å². The molecule has 10 heteroatoms. The fraction of sp³-hybridized carbons (Fsp3) is 0.250. The summed E-state index contributed by atoms with van der Waals surface area (Å²) < 4.78 is 0. The van der Waals surface area contributed by atoms with Gasteiger partial charge in [0, 0.05) is 42.6 Å². The summed E-state index contributed by atoms with van der Waals surface area (Å²) in [4.78, 5) is 49.7. The van der Waals surface area contributed by atoms with Gasteiger partial charge in [0.15, 0.2) is 0 Å². The van der Waals surface area contributed by atoms with Crippen molar-refractivity contribution in [1.82, 2.24) is 0 Å². The number of carbonyl (C=O) groups excluding carboxylic acids is 4. The van der Waals surface area contributed by atoms with Crippen LogP contribution >= 0.6 is 70.6 Å². The molecule has 0 heterocycles. The molecule has 0 saturated heterocycles. The molecule has 2 aromatic carbocycles. The van der Waals surface area contributed by atoms with Crippen LogP contribution in [-0.4, -0.2) is 43.5 Å². The van der Waals surface area contributed by atoms with Gasteiger partial charge in [-0.05, 0) is 122 Å². The molecular formula is C32H36O4S6. The van der Waals surface area contributed by atoms with Gasteiger partial charge in [-0.1, -0.05) is 61.6 Å². The molecule has 2 aromatic rings. The van der Waals surface area contributed by atoms with Gasteiger partial charge < -0.3 is 0 Å². The van der Waals surface area contributed by atoms with Crippen molar-refractivity contribution in [3.8, 4) is 0 Å². The van der Waals surface area contributed by atoms with E-state index in [2.05, 4.69) is 26.3 Å². The molecule has 42 heavy (non-hydrogen) atoms. The lowest BCUT2D eigenvalue weighted by Gasteiger charge is -2.05. The Morgan fingerprint density at radius 2 is 0.762 bits per heavy atom. The van der Waals surface area contributed by atoms with Gasteiger partial charge in [0.05, 0.1) is 0 Å². The van der Waals surface area contributed by atoms with Crippen molar-refractivity contribution >= 4 is 91.0 Å². The molecule has 0 unspecified atom stereocenters. The molecule has 0 atom stereocenters. The van der Waals surface area contributed by atoms with E-state index in [0.717, 1.165) is 42.6 Å². The van der Waals surface area contributed by atoms with E-state index < -0.39 is 0 Å². The average molecular weight is 677 g/mol. The van der Waals surface area contributed by atoms with E-state index in [1.165, 1.54) is 47.0 Å². The number of carbonyl (C=O) groups is 4. The third-order valence-electron chi connectivity index (χ3n) is 4.62. The van der Waals surface area contributed by atoms with Crippen LogP contribution in [0.3, 0.4) is 0 Å². The number of benzene rings is 2. The van der Waals surface area contributed by atoms with Crippen LogP contribution < -0.4 is 0 Å². The van der Waals surface area contributed by atoms with Crippen molar-refractivity contribution in [2.45, 2.75) is 47.3 Å². The smallest absolute Gasteiger partial charge is 0.219 e. The Morgan fingerprint density at radius 1 is 0.476 bits per heavy atom. The summed E-state index contributed by atoms with van der Waals surface area (Å²) in [6.07, 6.45) is 0. The largest absolute Gasteiger partial charge is 0.282 e. The summed E-state index contributed by atoms with van der Waals surface area (Å²) in [7, 11) is 0. The molecule has 0 fully saturated rings. The summed E-state index contributed by atoms with van der Waals surface area (Å²) >= 11 is 8.37. The van der Waals surface area contributed by atoms with E-state index in [4.69, 9.17) is 0 Å². The Kier molecular flexibility index (Phi) is 19.1. The minimum atomic E-state index is -0.0159. The zero-order valence-electron chi connectivity index (χ0n) is 24.4. The van der Waals surface area contributed by atoms with Crippen LogP contribution in [0.15, 0.2) is 117 Å². The fourth-order valence-electron chi connectivity index (χ4n) is 2.41. The van der Waals surface area contributed by atoms with E-state index in [0.29, 0.717) is 22.3 Å². The maximum atomic E-state index is 11.7. The second-order valence-electron chi connectivity index (χ2n) is 8.83. The highest BCUT2D eigenvalue weighted by molar-refractivity contribution is 8.16. The first-order valence-corrected chi connectivity index (χ1v) is 18.2. The summed E-state index contributed by atoms with van der Waals surface area (Å²) in [5.74, 6) is 3.45. The van der Waals surface area contributed by atoms with Crippen LogP contribution in [0.5, 0.6) is 0 Å². The first kappa shape index (κ1) is 38.2. The van der Waals surface area contributed by atoms with Crippen molar-refractivity contribution in [2.75, 3.05) is 23.0 Å². The molecule has 0 aliphatic carbocycles. The Morgan fingerprint density at radius 3 is 1.05 bits per heavy atom. The van der Waals surface area contributed by atoms with E-state index in [-0.39, 0.29) is 20.5 Å². The van der Waals surface area contributed by atoms with Gasteiger partial charge in [0.25, 0.3) is 0 Å². The zero-order chi connectivity index (χ0) is 31.7. The van der Waals surface area contributed by atoms with E-state index in [1.807, 2.05) is 48.5 Å². The van der Waals surface area contributed by atoms with Crippen molar-refractivity contribution in [2.24, 2.45) is 0 Å². The molecule has 0 saturated carbocycles. The maximum absolute atomic E-state index is 11.7. The zero-order valence-corrected chi connectivity index (χ0v) is 29.3. The maximum Gasteiger partial charge on any atom is 0.219 e. The summed E-state index contributed by atoms with van der Waals surface area (Å²) in [5.41, 5.74) is 2.29. The van der Waals surface area contributed by atoms with Gasteiger partial charge in [-0.2, -0.15) is 11.8 Å². The molecule has 4 nitrogen and oxygen atoms in total. The highest BCUT2D eigenvalue weighted by Gasteiger charge is 2.08. The lowest BCUT2D eigenvalue weighted by atomic mass is 10.4. The Labute approximate surface area is 275 Å². The predicted molar refractivity (Wildman–Crippen MR) is 190 cm³/mol. The molecule has 0 N–H and O–H groups in total. The summed E-state index contributed by atoms with van der Waals surface area (Å²) in [6.45, 7) is 21.4. The third kappa shape index (κ3) is 16.7. The quantitative estimate of drug-likeness (QED) is 0.110. The van der Waals surface area contributed by atoms with Crippen molar-refractivity contribution in [1.29, 1.82) is 0 Å². The molecule has 2 rings (SSSR count). The van der Waals surface area contributed by atoms with Gasteiger partial charge in [0.2, 0.25) is 20.5 Å². The van der Waals surface area contributed by atoms with Crippen LogP contribution in [0.4, 0.5) is 0 Å². The summed E-state index contributed by atoms with van der Waals surface area (Å²) in [6, 6.07) is 15.7. The van der Waals surface area contributed by atoms with Crippen molar-refractivity contribution in [3.63, 3.8) is 0 Å². The van der Waals surface area contributed by atoms with E-state index >= 15 is 0 Å². The SMILES string of the molecule is C=C(C)C(=O)SCCSCCSC(=O)C(=C)C.C=C(C)C(=O)Sc1ccc(Sc2ccc(SC(=O)C(=C)C)cc2)cc1. The van der Waals surface area contributed by atoms with Crippen molar-refractivity contribution < 1.29 is 19.2 Å². The van der Waals surface area contributed by atoms with Crippen LogP contribution in [0, 0.1) is 0 Å². The molecule has 0 bridgehead atoms. The highest BCUT2D eigenvalue weighted by atomic mass is 32.2. The summed E-state index contributed by atoms with van der Waals surface area (Å²) in [5, 5.41) is 0.102. The molecule has 224 valence electrons. The van der Waals surface area contributed by atoms with Gasteiger partial charge in [-0.3, -0.25) is 19.2 Å². The minimum absolute atomic E-state index is 0.0159. The van der Waals surface area contributed by atoms with Crippen LogP contribution in [-0.2, 0) is 19.2 Å². The van der Waals surface area contributed by atoms with Crippen molar-refractivity contribution in [3.05, 3.63) is 97.1 Å². The standard InChI is InChI=1S/C20H18O2S3.C12H18O2S3/c1-13(2)19(21)24-17-9-5-15(6-10-17)23-16-7-11-18(12-8-16)25-20(22)14(3)4;1-9(2)11(13)16-7-5-15-6-8-17-12(14)10(3)4/h5-12H,1,3H2,2,4H3;1,3,5-8H2,2,4H3. The van der Waals surface area contributed by atoms with E-state index in [1.54, 1.807) is 51.2 Å². The van der Waals surface area contributed by atoms with Crippen LogP contribution in [0.25, 0.3) is 0 Å². The second kappa shape index (κ2) is 21.0. The van der Waals surface area contributed by atoms with Crippen LogP contribution in [0.2, 0.25) is 0 Å². The average Bonchev–Trinajstić information content (AvgIpc) is 2.94. The van der Waals surface area contributed by atoms with Gasteiger partial charge >= 0.3 is 0 Å². The Balaban J connectivity index is 0.000000456. The van der Waals surface area contributed by atoms with Gasteiger partial charge in [-0.15, -0.1) is 0 Å². The third-order valence-corrected chi connectivity index (χ3v) is 11.3.